The molecular formula is C12H21N3O. The second kappa shape index (κ2) is 6.49. The first kappa shape index (κ1) is 13.0. The van der Waals surface area contributed by atoms with Crippen LogP contribution in [0.5, 0.6) is 0 Å². The van der Waals surface area contributed by atoms with Crippen LogP contribution < -0.4 is 5.32 Å². The molecule has 1 saturated heterocycles. The fraction of sp³-hybridized carbons (Fsp3) is 0.833. The van der Waals surface area contributed by atoms with Gasteiger partial charge in [-0.25, -0.2) is 0 Å². The Kier molecular flexibility index (Phi) is 5.27. The fourth-order valence-corrected chi connectivity index (χ4v) is 2.14. The van der Waals surface area contributed by atoms with Crippen molar-refractivity contribution in [2.45, 2.75) is 26.2 Å². The van der Waals surface area contributed by atoms with Crippen molar-refractivity contribution in [2.75, 3.05) is 26.7 Å². The van der Waals surface area contributed by atoms with Crippen LogP contribution in [0.25, 0.3) is 0 Å². The largest absolute Gasteiger partial charge is 0.355 e. The normalized spacial score (nSPS) is 23.4. The molecule has 1 N–H and O–H groups in total. The maximum atomic E-state index is 11.6. The topological polar surface area (TPSA) is 56.1 Å². The van der Waals surface area contributed by atoms with E-state index in [9.17, 15) is 4.79 Å². The van der Waals surface area contributed by atoms with Gasteiger partial charge in [0.25, 0.3) is 0 Å². The first-order valence-corrected chi connectivity index (χ1v) is 6.03. The molecular weight excluding hydrogens is 202 g/mol. The van der Waals surface area contributed by atoms with Crippen LogP contribution in [0.2, 0.25) is 0 Å². The summed E-state index contributed by atoms with van der Waals surface area (Å²) in [6.07, 6.45) is 2.97. The Balaban J connectivity index is 2.28. The summed E-state index contributed by atoms with van der Waals surface area (Å²) in [5.74, 6) is -0.0570. The van der Waals surface area contributed by atoms with Gasteiger partial charge in [-0.2, -0.15) is 5.26 Å². The quantitative estimate of drug-likeness (QED) is 0.773. The number of amides is 1. The average molecular weight is 223 g/mol. The Morgan fingerprint density at radius 3 is 3.00 bits per heavy atom. The molecule has 4 heteroatoms. The van der Waals surface area contributed by atoms with Crippen molar-refractivity contribution in [3.63, 3.8) is 0 Å². The number of nitrogens with one attached hydrogen (secondary N) is 1. The van der Waals surface area contributed by atoms with Crippen LogP contribution in [0.1, 0.15) is 26.2 Å². The molecule has 90 valence electrons. The highest BCUT2D eigenvalue weighted by Gasteiger charge is 2.20. The van der Waals surface area contributed by atoms with Crippen molar-refractivity contribution >= 4 is 5.91 Å². The minimum Gasteiger partial charge on any atom is -0.355 e. The third-order valence-electron chi connectivity index (χ3n) is 3.17. The van der Waals surface area contributed by atoms with Gasteiger partial charge in [0.15, 0.2) is 0 Å². The summed E-state index contributed by atoms with van der Waals surface area (Å²) in [6, 6.07) is 2.03. The lowest BCUT2D eigenvalue weighted by molar-refractivity contribution is -0.123. The van der Waals surface area contributed by atoms with E-state index in [0.717, 1.165) is 13.1 Å². The van der Waals surface area contributed by atoms with Crippen molar-refractivity contribution < 1.29 is 4.79 Å². The number of hydrogen-bond donors (Lipinski definition) is 1. The molecule has 0 radical (unpaired) electrons. The van der Waals surface area contributed by atoms with E-state index in [0.29, 0.717) is 18.9 Å². The molecule has 0 aromatic heterocycles. The van der Waals surface area contributed by atoms with E-state index in [1.54, 1.807) is 0 Å². The number of nitrogens with zero attached hydrogens (tertiary/aromatic N) is 2. The van der Waals surface area contributed by atoms with E-state index in [2.05, 4.69) is 17.3 Å². The second-order valence-corrected chi connectivity index (χ2v) is 4.61. The Morgan fingerprint density at radius 1 is 1.69 bits per heavy atom. The van der Waals surface area contributed by atoms with Crippen LogP contribution in [0.3, 0.4) is 0 Å². The molecule has 1 aliphatic rings. The average Bonchev–Trinajstić information content (AvgIpc) is 2.28. The number of carbonyl (C=O) groups excluding carboxylic acids is 1. The predicted molar refractivity (Wildman–Crippen MR) is 62.6 cm³/mol. The molecule has 4 nitrogen and oxygen atoms in total. The highest BCUT2D eigenvalue weighted by Crippen LogP contribution is 2.14. The lowest BCUT2D eigenvalue weighted by atomic mass is 9.98. The van der Waals surface area contributed by atoms with Crippen LogP contribution in [-0.4, -0.2) is 37.5 Å². The van der Waals surface area contributed by atoms with Gasteiger partial charge in [0.1, 0.15) is 5.92 Å². The van der Waals surface area contributed by atoms with E-state index in [4.69, 9.17) is 5.26 Å². The summed E-state index contributed by atoms with van der Waals surface area (Å²) in [7, 11) is 2.11. The zero-order valence-corrected chi connectivity index (χ0v) is 10.2. The van der Waals surface area contributed by atoms with Gasteiger partial charge in [0.05, 0.1) is 6.07 Å². The van der Waals surface area contributed by atoms with Crippen molar-refractivity contribution in [1.29, 1.82) is 5.26 Å². The first-order chi connectivity index (χ1) is 7.67. The third-order valence-corrected chi connectivity index (χ3v) is 3.17. The van der Waals surface area contributed by atoms with Crippen molar-refractivity contribution in [3.8, 4) is 6.07 Å². The van der Waals surface area contributed by atoms with Crippen molar-refractivity contribution in [3.05, 3.63) is 0 Å². The molecule has 1 fully saturated rings. The van der Waals surface area contributed by atoms with Crippen molar-refractivity contribution in [2.24, 2.45) is 11.8 Å². The van der Waals surface area contributed by atoms with Gasteiger partial charge < -0.3 is 10.2 Å². The molecule has 2 atom stereocenters. The lowest BCUT2D eigenvalue weighted by Gasteiger charge is -2.29. The van der Waals surface area contributed by atoms with Crippen LogP contribution in [0.4, 0.5) is 0 Å². The minimum atomic E-state index is -0.485. The number of nitriles is 1. The lowest BCUT2D eigenvalue weighted by Crippen LogP contribution is -2.40. The van der Waals surface area contributed by atoms with Crippen LogP contribution >= 0.6 is 0 Å². The van der Waals surface area contributed by atoms with E-state index in [1.165, 1.54) is 12.8 Å². The Bertz CT molecular complexity index is 272. The minimum absolute atomic E-state index is 0.113. The molecule has 0 aromatic carbocycles. The predicted octanol–water partition coefficient (Wildman–Crippen LogP) is 0.994. The standard InChI is InChI=1S/C12H21N3O/c1-3-11(7-13)12(16)14-8-10-5-4-6-15(2)9-10/h10-11H,3-6,8-9H2,1-2H3,(H,14,16). The molecule has 0 spiro atoms. The van der Waals surface area contributed by atoms with Crippen LogP contribution in [0.15, 0.2) is 0 Å². The van der Waals surface area contributed by atoms with E-state index < -0.39 is 5.92 Å². The van der Waals surface area contributed by atoms with Gasteiger partial charge in [0, 0.05) is 13.1 Å². The summed E-state index contributed by atoms with van der Waals surface area (Å²) >= 11 is 0. The molecule has 1 heterocycles. The Morgan fingerprint density at radius 2 is 2.44 bits per heavy atom. The second-order valence-electron chi connectivity index (χ2n) is 4.61. The summed E-state index contributed by atoms with van der Waals surface area (Å²) in [5, 5.41) is 11.6. The molecule has 0 saturated carbocycles. The van der Waals surface area contributed by atoms with Gasteiger partial charge in [-0.15, -0.1) is 0 Å². The molecule has 2 unspecified atom stereocenters. The van der Waals surface area contributed by atoms with Crippen molar-refractivity contribution in [1.82, 2.24) is 10.2 Å². The summed E-state index contributed by atoms with van der Waals surface area (Å²) in [4.78, 5) is 13.9. The van der Waals surface area contributed by atoms with E-state index in [-0.39, 0.29) is 5.91 Å². The highest BCUT2D eigenvalue weighted by molar-refractivity contribution is 5.80. The highest BCUT2D eigenvalue weighted by atomic mass is 16.1. The summed E-state index contributed by atoms with van der Waals surface area (Å²) in [6.45, 7) is 4.77. The van der Waals surface area contributed by atoms with Gasteiger partial charge in [-0.3, -0.25) is 4.79 Å². The monoisotopic (exact) mass is 223 g/mol. The number of hydrogen-bond acceptors (Lipinski definition) is 3. The molecule has 0 bridgehead atoms. The number of piperidine rings is 1. The number of likely N-dealkylation sites (tertiary alicyclic amines) is 1. The van der Waals surface area contributed by atoms with Crippen LogP contribution in [-0.2, 0) is 4.79 Å². The number of rotatable bonds is 4. The van der Waals surface area contributed by atoms with Gasteiger partial charge in [0.2, 0.25) is 5.91 Å². The summed E-state index contributed by atoms with van der Waals surface area (Å²) < 4.78 is 0. The molecule has 1 aliphatic heterocycles. The maximum Gasteiger partial charge on any atom is 0.237 e. The zero-order chi connectivity index (χ0) is 12.0. The van der Waals surface area contributed by atoms with Crippen LogP contribution in [0, 0.1) is 23.2 Å². The SMILES string of the molecule is CCC(C#N)C(=O)NCC1CCCN(C)C1. The zero-order valence-electron chi connectivity index (χ0n) is 10.2. The number of carbonyl (C=O) groups is 1. The molecule has 1 rings (SSSR count). The third kappa shape index (κ3) is 3.82. The molecule has 16 heavy (non-hydrogen) atoms. The van der Waals surface area contributed by atoms with E-state index >= 15 is 0 Å². The summed E-state index contributed by atoms with van der Waals surface area (Å²) in [5.41, 5.74) is 0. The van der Waals surface area contributed by atoms with Gasteiger partial charge in [-0.1, -0.05) is 6.92 Å². The maximum absolute atomic E-state index is 11.6. The first-order valence-electron chi connectivity index (χ1n) is 6.03. The van der Waals surface area contributed by atoms with Gasteiger partial charge >= 0.3 is 0 Å². The molecule has 0 aliphatic carbocycles. The molecule has 1 amide bonds. The Hall–Kier alpha value is -1.08. The fourth-order valence-electron chi connectivity index (χ4n) is 2.14. The smallest absolute Gasteiger partial charge is 0.237 e. The van der Waals surface area contributed by atoms with Gasteiger partial charge in [-0.05, 0) is 38.8 Å². The molecule has 0 aromatic rings. The Labute approximate surface area is 97.6 Å². The van der Waals surface area contributed by atoms with E-state index in [1.807, 2.05) is 13.0 Å².